The lowest BCUT2D eigenvalue weighted by atomic mass is 9.80. The molecule has 1 heterocycles. The van der Waals surface area contributed by atoms with Gasteiger partial charge in [-0.25, -0.2) is 0 Å². The number of aryl methyl sites for hydroxylation is 1. The van der Waals surface area contributed by atoms with Gasteiger partial charge in [-0.3, -0.25) is 9.59 Å². The Morgan fingerprint density at radius 2 is 1.93 bits per heavy atom. The molecule has 1 N–H and O–H groups in total. The van der Waals surface area contributed by atoms with E-state index in [9.17, 15) is 9.59 Å². The number of hydrogen-bond acceptors (Lipinski definition) is 3. The van der Waals surface area contributed by atoms with E-state index < -0.39 is 5.41 Å². The van der Waals surface area contributed by atoms with Gasteiger partial charge in [0.2, 0.25) is 5.91 Å². The van der Waals surface area contributed by atoms with Crippen LogP contribution in [0.15, 0.2) is 48.5 Å². The van der Waals surface area contributed by atoms with Crippen LogP contribution < -0.4 is 10.1 Å². The summed E-state index contributed by atoms with van der Waals surface area (Å²) in [7, 11) is 1.58. The first kappa shape index (κ1) is 19.9. The largest absolute Gasteiger partial charge is 0.497 e. The van der Waals surface area contributed by atoms with E-state index >= 15 is 0 Å². The summed E-state index contributed by atoms with van der Waals surface area (Å²) in [6.45, 7) is 5.57. The molecule has 1 fully saturated rings. The first-order chi connectivity index (χ1) is 13.4. The highest BCUT2D eigenvalue weighted by Crippen LogP contribution is 2.31. The minimum atomic E-state index is -0.586. The lowest BCUT2D eigenvalue weighted by Gasteiger charge is -2.39. The van der Waals surface area contributed by atoms with Crippen LogP contribution in [0.4, 0.5) is 0 Å². The van der Waals surface area contributed by atoms with Gasteiger partial charge in [0.05, 0.1) is 12.5 Å². The average Bonchev–Trinajstić information content (AvgIpc) is 2.72. The highest BCUT2D eigenvalue weighted by atomic mass is 16.5. The topological polar surface area (TPSA) is 58.6 Å². The molecule has 0 bridgehead atoms. The molecule has 1 aliphatic heterocycles. The summed E-state index contributed by atoms with van der Waals surface area (Å²) in [4.78, 5) is 27.6. The van der Waals surface area contributed by atoms with E-state index in [1.807, 2.05) is 50.2 Å². The third kappa shape index (κ3) is 4.53. The predicted molar refractivity (Wildman–Crippen MR) is 109 cm³/mol. The van der Waals surface area contributed by atoms with E-state index in [1.165, 1.54) is 5.56 Å². The van der Waals surface area contributed by atoms with Gasteiger partial charge in [0.1, 0.15) is 5.75 Å². The minimum Gasteiger partial charge on any atom is -0.497 e. The predicted octanol–water partition coefficient (Wildman–Crippen LogP) is 3.56. The highest BCUT2D eigenvalue weighted by molar-refractivity contribution is 5.95. The summed E-state index contributed by atoms with van der Waals surface area (Å²) in [5.74, 6) is 0.592. The molecule has 5 nitrogen and oxygen atoms in total. The van der Waals surface area contributed by atoms with Crippen molar-refractivity contribution in [1.29, 1.82) is 0 Å². The molecule has 1 saturated heterocycles. The Bertz CT molecular complexity index is 847. The Morgan fingerprint density at radius 1 is 1.18 bits per heavy atom. The summed E-state index contributed by atoms with van der Waals surface area (Å²) in [5, 5.41) is 3.05. The normalized spacial score (nSPS) is 19.2. The zero-order chi connectivity index (χ0) is 20.1. The molecule has 1 atom stereocenters. The molecule has 0 saturated carbocycles. The monoisotopic (exact) mass is 380 g/mol. The van der Waals surface area contributed by atoms with Gasteiger partial charge >= 0.3 is 0 Å². The fourth-order valence-electron chi connectivity index (χ4n) is 3.64. The Hall–Kier alpha value is -2.82. The molecule has 0 spiro atoms. The number of nitrogens with zero attached hydrogens (tertiary/aromatic N) is 1. The molecule has 28 heavy (non-hydrogen) atoms. The number of nitrogens with one attached hydrogen (secondary N) is 1. The van der Waals surface area contributed by atoms with E-state index in [4.69, 9.17) is 4.74 Å². The van der Waals surface area contributed by atoms with Crippen molar-refractivity contribution in [2.24, 2.45) is 5.41 Å². The molecule has 0 radical (unpaired) electrons. The van der Waals surface area contributed by atoms with E-state index in [0.29, 0.717) is 30.9 Å². The number of benzene rings is 2. The maximum Gasteiger partial charge on any atom is 0.254 e. The molecule has 2 aromatic rings. The Labute approximate surface area is 166 Å². The smallest absolute Gasteiger partial charge is 0.254 e. The Kier molecular flexibility index (Phi) is 6.02. The number of carbonyl (C=O) groups is 2. The number of amides is 2. The fourth-order valence-corrected chi connectivity index (χ4v) is 3.64. The van der Waals surface area contributed by atoms with Crippen LogP contribution in [-0.4, -0.2) is 36.9 Å². The molecule has 0 aliphatic carbocycles. The molecular weight excluding hydrogens is 352 g/mol. The van der Waals surface area contributed by atoms with Crippen LogP contribution in [0.25, 0.3) is 0 Å². The summed E-state index contributed by atoms with van der Waals surface area (Å²) in [6.07, 6.45) is 1.58. The third-order valence-corrected chi connectivity index (χ3v) is 5.42. The first-order valence-corrected chi connectivity index (χ1v) is 9.68. The summed E-state index contributed by atoms with van der Waals surface area (Å²) >= 11 is 0. The number of methoxy groups -OCH3 is 1. The number of likely N-dealkylation sites (tertiary alicyclic amines) is 1. The van der Waals surface area contributed by atoms with Crippen LogP contribution in [0.3, 0.4) is 0 Å². The van der Waals surface area contributed by atoms with Crippen LogP contribution in [0, 0.1) is 12.3 Å². The molecule has 0 aromatic heterocycles. The van der Waals surface area contributed by atoms with Crippen molar-refractivity contribution in [1.82, 2.24) is 10.2 Å². The average molecular weight is 380 g/mol. The molecule has 5 heteroatoms. The van der Waals surface area contributed by atoms with Gasteiger partial charge in [-0.2, -0.15) is 0 Å². The SMILES string of the molecule is COc1cccc(C(=O)N2CCC[C@@](C)(C(=O)NCc3ccc(C)cc3)C2)c1. The van der Waals surface area contributed by atoms with Crippen molar-refractivity contribution in [3.8, 4) is 5.75 Å². The van der Waals surface area contributed by atoms with Crippen LogP contribution in [0.5, 0.6) is 5.75 Å². The maximum absolute atomic E-state index is 12.9. The van der Waals surface area contributed by atoms with E-state index in [0.717, 1.165) is 18.4 Å². The fraction of sp³-hybridized carbons (Fsp3) is 0.391. The lowest BCUT2D eigenvalue weighted by molar-refractivity contribution is -0.132. The molecule has 0 unspecified atom stereocenters. The zero-order valence-electron chi connectivity index (χ0n) is 16.8. The van der Waals surface area contributed by atoms with Gasteiger partial charge in [-0.05, 0) is 50.5 Å². The van der Waals surface area contributed by atoms with Crippen molar-refractivity contribution < 1.29 is 14.3 Å². The quantitative estimate of drug-likeness (QED) is 0.863. The van der Waals surface area contributed by atoms with Crippen LogP contribution >= 0.6 is 0 Å². The Morgan fingerprint density at radius 3 is 2.64 bits per heavy atom. The maximum atomic E-state index is 12.9. The molecule has 1 aliphatic rings. The third-order valence-electron chi connectivity index (χ3n) is 5.42. The van der Waals surface area contributed by atoms with E-state index in [1.54, 1.807) is 24.1 Å². The summed E-state index contributed by atoms with van der Waals surface area (Å²) < 4.78 is 5.22. The molecule has 3 rings (SSSR count). The summed E-state index contributed by atoms with van der Waals surface area (Å²) in [5.41, 5.74) is 2.27. The number of hydrogen-bond donors (Lipinski definition) is 1. The van der Waals surface area contributed by atoms with Crippen molar-refractivity contribution in [3.63, 3.8) is 0 Å². The second-order valence-corrected chi connectivity index (χ2v) is 7.79. The molecular formula is C23H28N2O3. The second-order valence-electron chi connectivity index (χ2n) is 7.79. The van der Waals surface area contributed by atoms with Gasteiger partial charge in [0, 0.05) is 25.2 Å². The van der Waals surface area contributed by atoms with Gasteiger partial charge in [-0.15, -0.1) is 0 Å². The van der Waals surface area contributed by atoms with Crippen LogP contribution in [-0.2, 0) is 11.3 Å². The number of carbonyl (C=O) groups excluding carboxylic acids is 2. The zero-order valence-corrected chi connectivity index (χ0v) is 16.8. The summed E-state index contributed by atoms with van der Waals surface area (Å²) in [6, 6.07) is 15.3. The van der Waals surface area contributed by atoms with Crippen molar-refractivity contribution in [2.75, 3.05) is 20.2 Å². The number of piperidine rings is 1. The van der Waals surface area contributed by atoms with Gasteiger partial charge < -0.3 is 15.0 Å². The number of rotatable bonds is 5. The molecule has 2 amide bonds. The van der Waals surface area contributed by atoms with E-state index in [2.05, 4.69) is 5.32 Å². The van der Waals surface area contributed by atoms with Crippen LogP contribution in [0.1, 0.15) is 41.3 Å². The van der Waals surface area contributed by atoms with Gasteiger partial charge in [0.15, 0.2) is 0 Å². The second kappa shape index (κ2) is 8.46. The highest BCUT2D eigenvalue weighted by Gasteiger charge is 2.39. The van der Waals surface area contributed by atoms with Crippen molar-refractivity contribution in [3.05, 3.63) is 65.2 Å². The van der Waals surface area contributed by atoms with Crippen molar-refractivity contribution in [2.45, 2.75) is 33.2 Å². The van der Waals surface area contributed by atoms with Crippen molar-refractivity contribution >= 4 is 11.8 Å². The van der Waals surface area contributed by atoms with Gasteiger partial charge in [0.25, 0.3) is 5.91 Å². The lowest BCUT2D eigenvalue weighted by Crippen LogP contribution is -2.51. The van der Waals surface area contributed by atoms with E-state index in [-0.39, 0.29) is 11.8 Å². The molecule has 148 valence electrons. The Balaban J connectivity index is 1.65. The standard InChI is InChI=1S/C23H28N2O3/c1-17-8-10-18(11-9-17)15-24-22(27)23(2)12-5-13-25(16-23)21(26)19-6-4-7-20(14-19)28-3/h4,6-11,14H,5,12-13,15-16H2,1-3H3,(H,24,27)/t23-/m1/s1. The number of ether oxygens (including phenoxy) is 1. The minimum absolute atomic E-state index is 0.00350. The van der Waals surface area contributed by atoms with Crippen LogP contribution in [0.2, 0.25) is 0 Å². The van der Waals surface area contributed by atoms with Gasteiger partial charge in [-0.1, -0.05) is 35.9 Å². The molecule has 2 aromatic carbocycles. The first-order valence-electron chi connectivity index (χ1n) is 9.68.